The van der Waals surface area contributed by atoms with Gasteiger partial charge in [-0.05, 0) is 13.8 Å². The summed E-state index contributed by atoms with van der Waals surface area (Å²) in [5.41, 5.74) is 0. The number of nitrogens with zero attached hydrogens (tertiary/aromatic N) is 2. The second-order valence-electron chi connectivity index (χ2n) is 2.94. The number of amides is 1. The fourth-order valence-electron chi connectivity index (χ4n) is 1.00. The van der Waals surface area contributed by atoms with Crippen molar-refractivity contribution >= 4 is 23.3 Å². The molecule has 0 spiro atoms. The van der Waals surface area contributed by atoms with Gasteiger partial charge in [0.15, 0.2) is 0 Å². The number of rotatable bonds is 3. The van der Waals surface area contributed by atoms with Gasteiger partial charge in [-0.15, -0.1) is 11.6 Å². The molecule has 1 heterocycles. The van der Waals surface area contributed by atoms with E-state index in [1.54, 1.807) is 16.9 Å². The molecule has 0 radical (unpaired) electrons. The first kappa shape index (κ1) is 10.1. The van der Waals surface area contributed by atoms with Crippen molar-refractivity contribution in [2.24, 2.45) is 0 Å². The van der Waals surface area contributed by atoms with E-state index < -0.39 is 0 Å². The fraction of sp³-hybridized carbons (Fsp3) is 0.500. The van der Waals surface area contributed by atoms with Gasteiger partial charge in [-0.2, -0.15) is 5.10 Å². The molecule has 1 aromatic heterocycles. The molecule has 0 atom stereocenters. The van der Waals surface area contributed by atoms with Crippen LogP contribution in [-0.4, -0.2) is 21.6 Å². The predicted molar refractivity (Wildman–Crippen MR) is 52.0 cm³/mol. The van der Waals surface area contributed by atoms with E-state index >= 15 is 0 Å². The molecule has 1 aromatic rings. The molecule has 0 aliphatic carbocycles. The zero-order valence-corrected chi connectivity index (χ0v) is 8.38. The number of hydrogen-bond donors (Lipinski definition) is 1. The number of halogens is 1. The summed E-state index contributed by atoms with van der Waals surface area (Å²) in [6.07, 6.45) is 1.64. The van der Waals surface area contributed by atoms with Crippen molar-refractivity contribution in [2.75, 3.05) is 11.2 Å². The molecule has 0 aliphatic rings. The maximum absolute atomic E-state index is 11.0. The maximum atomic E-state index is 11.0. The minimum absolute atomic E-state index is 0.0384. The minimum Gasteiger partial charge on any atom is -0.310 e. The summed E-state index contributed by atoms with van der Waals surface area (Å²) in [7, 11) is 0. The molecule has 0 aromatic carbocycles. The van der Waals surface area contributed by atoms with Crippen LogP contribution >= 0.6 is 11.6 Å². The third-order valence-electron chi connectivity index (χ3n) is 1.55. The molecule has 0 bridgehead atoms. The van der Waals surface area contributed by atoms with Crippen LogP contribution in [0.3, 0.4) is 0 Å². The van der Waals surface area contributed by atoms with E-state index in [1.165, 1.54) is 0 Å². The average molecular weight is 202 g/mol. The Hall–Kier alpha value is -1.03. The molecule has 72 valence electrons. The van der Waals surface area contributed by atoms with Gasteiger partial charge in [-0.3, -0.25) is 4.79 Å². The largest absolute Gasteiger partial charge is 0.310 e. The highest BCUT2D eigenvalue weighted by Gasteiger charge is 2.07. The van der Waals surface area contributed by atoms with Gasteiger partial charge in [-0.25, -0.2) is 4.68 Å². The van der Waals surface area contributed by atoms with Gasteiger partial charge in [0.25, 0.3) is 0 Å². The first-order chi connectivity index (χ1) is 6.15. The van der Waals surface area contributed by atoms with E-state index in [2.05, 4.69) is 10.4 Å². The lowest BCUT2D eigenvalue weighted by atomic mass is 10.4. The standard InChI is InChI=1S/C8H12ClN3O/c1-6(2)12-7(3-4-10-12)11-8(13)5-9/h3-4,6H,5H2,1-2H3,(H,11,13). The van der Waals surface area contributed by atoms with E-state index in [-0.39, 0.29) is 17.8 Å². The molecule has 4 nitrogen and oxygen atoms in total. The summed E-state index contributed by atoms with van der Waals surface area (Å²) in [6.45, 7) is 3.98. The Bertz CT molecular complexity index is 295. The van der Waals surface area contributed by atoms with Crippen molar-refractivity contribution in [2.45, 2.75) is 19.9 Å². The smallest absolute Gasteiger partial charge is 0.240 e. The molecule has 0 aliphatic heterocycles. The summed E-state index contributed by atoms with van der Waals surface area (Å²) in [5.74, 6) is 0.424. The van der Waals surface area contributed by atoms with Crippen LogP contribution in [0.1, 0.15) is 19.9 Å². The van der Waals surface area contributed by atoms with Crippen LogP contribution in [-0.2, 0) is 4.79 Å². The van der Waals surface area contributed by atoms with Gasteiger partial charge in [-0.1, -0.05) is 0 Å². The number of alkyl halides is 1. The van der Waals surface area contributed by atoms with Crippen LogP contribution in [0.15, 0.2) is 12.3 Å². The molecule has 1 rings (SSSR count). The van der Waals surface area contributed by atoms with Gasteiger partial charge in [0.1, 0.15) is 11.7 Å². The highest BCUT2D eigenvalue weighted by molar-refractivity contribution is 6.29. The number of carbonyl (C=O) groups excluding carboxylic acids is 1. The zero-order chi connectivity index (χ0) is 9.84. The number of nitrogens with one attached hydrogen (secondary N) is 1. The van der Waals surface area contributed by atoms with Crippen LogP contribution in [0, 0.1) is 0 Å². The first-order valence-electron chi connectivity index (χ1n) is 4.04. The zero-order valence-electron chi connectivity index (χ0n) is 7.62. The van der Waals surface area contributed by atoms with Gasteiger partial charge >= 0.3 is 0 Å². The number of aromatic nitrogens is 2. The molecule has 1 N–H and O–H groups in total. The van der Waals surface area contributed by atoms with Crippen molar-refractivity contribution in [3.8, 4) is 0 Å². The van der Waals surface area contributed by atoms with Crippen LogP contribution in [0.25, 0.3) is 0 Å². The quantitative estimate of drug-likeness (QED) is 0.756. The average Bonchev–Trinajstić information content (AvgIpc) is 2.52. The van der Waals surface area contributed by atoms with Gasteiger partial charge in [0.2, 0.25) is 5.91 Å². The van der Waals surface area contributed by atoms with Gasteiger partial charge < -0.3 is 5.32 Å². The molecule has 5 heteroatoms. The Morgan fingerprint density at radius 3 is 3.00 bits per heavy atom. The highest BCUT2D eigenvalue weighted by Crippen LogP contribution is 2.12. The molecular formula is C8H12ClN3O. The summed E-state index contributed by atoms with van der Waals surface area (Å²) in [5, 5.41) is 6.71. The Labute approximate surface area is 81.9 Å². The summed E-state index contributed by atoms with van der Waals surface area (Å²) >= 11 is 5.36. The topological polar surface area (TPSA) is 46.9 Å². The van der Waals surface area contributed by atoms with Crippen molar-refractivity contribution in [3.05, 3.63) is 12.3 Å². The fourth-order valence-corrected chi connectivity index (χ4v) is 1.07. The summed E-state index contributed by atoms with van der Waals surface area (Å²) < 4.78 is 1.73. The van der Waals surface area contributed by atoms with Crippen molar-refractivity contribution in [1.82, 2.24) is 9.78 Å². The monoisotopic (exact) mass is 201 g/mol. The first-order valence-corrected chi connectivity index (χ1v) is 4.58. The highest BCUT2D eigenvalue weighted by atomic mass is 35.5. The normalized spacial score (nSPS) is 10.5. The summed E-state index contributed by atoms with van der Waals surface area (Å²) in [4.78, 5) is 11.0. The molecular weight excluding hydrogens is 190 g/mol. The van der Waals surface area contributed by atoms with Crippen molar-refractivity contribution in [3.63, 3.8) is 0 Å². The molecule has 0 saturated carbocycles. The van der Waals surface area contributed by atoms with Crippen LogP contribution in [0.2, 0.25) is 0 Å². The number of anilines is 1. The molecule has 0 saturated heterocycles. The SMILES string of the molecule is CC(C)n1nccc1NC(=O)CCl. The third kappa shape index (κ3) is 2.45. The lowest BCUT2D eigenvalue weighted by molar-refractivity contribution is -0.114. The molecule has 0 fully saturated rings. The minimum atomic E-state index is -0.218. The van der Waals surface area contributed by atoms with Crippen LogP contribution in [0.5, 0.6) is 0 Å². The van der Waals surface area contributed by atoms with Crippen LogP contribution in [0.4, 0.5) is 5.82 Å². The third-order valence-corrected chi connectivity index (χ3v) is 1.79. The second-order valence-corrected chi connectivity index (χ2v) is 3.20. The van der Waals surface area contributed by atoms with Crippen LogP contribution < -0.4 is 5.32 Å². The van der Waals surface area contributed by atoms with E-state index in [0.29, 0.717) is 5.82 Å². The van der Waals surface area contributed by atoms with Gasteiger partial charge in [0.05, 0.1) is 6.20 Å². The lowest BCUT2D eigenvalue weighted by Gasteiger charge is -2.10. The van der Waals surface area contributed by atoms with E-state index in [4.69, 9.17) is 11.6 Å². The van der Waals surface area contributed by atoms with Crippen molar-refractivity contribution < 1.29 is 4.79 Å². The Morgan fingerprint density at radius 2 is 2.46 bits per heavy atom. The molecule has 13 heavy (non-hydrogen) atoms. The van der Waals surface area contributed by atoms with E-state index in [1.807, 2.05) is 13.8 Å². The maximum Gasteiger partial charge on any atom is 0.240 e. The number of carbonyl (C=O) groups is 1. The van der Waals surface area contributed by atoms with E-state index in [9.17, 15) is 4.79 Å². The molecule has 1 amide bonds. The lowest BCUT2D eigenvalue weighted by Crippen LogP contribution is -2.17. The summed E-state index contributed by atoms with van der Waals surface area (Å²) in [6, 6.07) is 1.96. The van der Waals surface area contributed by atoms with Crippen molar-refractivity contribution in [1.29, 1.82) is 0 Å². The Kier molecular flexibility index (Phi) is 3.31. The van der Waals surface area contributed by atoms with Gasteiger partial charge in [0, 0.05) is 12.1 Å². The Balaban J connectivity index is 2.76. The predicted octanol–water partition coefficient (Wildman–Crippen LogP) is 1.64. The number of hydrogen-bond acceptors (Lipinski definition) is 2. The Morgan fingerprint density at radius 1 is 1.77 bits per heavy atom. The second kappa shape index (κ2) is 4.28. The molecule has 0 unspecified atom stereocenters. The van der Waals surface area contributed by atoms with E-state index in [0.717, 1.165) is 0 Å².